The summed E-state index contributed by atoms with van der Waals surface area (Å²) in [5.41, 5.74) is 2.53. The molecule has 21 heavy (non-hydrogen) atoms. The van der Waals surface area contributed by atoms with Gasteiger partial charge >= 0.3 is 0 Å². The van der Waals surface area contributed by atoms with Crippen LogP contribution in [0.5, 0.6) is 0 Å². The van der Waals surface area contributed by atoms with Crippen LogP contribution in [-0.4, -0.2) is 36.5 Å². The Morgan fingerprint density at radius 1 is 1.43 bits per heavy atom. The van der Waals surface area contributed by atoms with Crippen LogP contribution < -0.4 is 5.32 Å². The number of carbonyl (C=O) groups excluding carboxylic acids is 1. The van der Waals surface area contributed by atoms with Crippen LogP contribution in [0, 0.1) is 6.92 Å². The molecule has 1 unspecified atom stereocenters. The van der Waals surface area contributed by atoms with E-state index in [0.29, 0.717) is 18.4 Å². The van der Waals surface area contributed by atoms with Crippen LogP contribution in [0.2, 0.25) is 0 Å². The van der Waals surface area contributed by atoms with Crippen molar-refractivity contribution in [1.29, 1.82) is 0 Å². The summed E-state index contributed by atoms with van der Waals surface area (Å²) in [7, 11) is 0. The van der Waals surface area contributed by atoms with E-state index in [4.69, 9.17) is 0 Å². The minimum absolute atomic E-state index is 0. The minimum Gasteiger partial charge on any atom is -0.338 e. The third-order valence-corrected chi connectivity index (χ3v) is 3.97. The SMILES string of the molecule is CCCN(C(=O)CCc1cccc(C)c1)C1CCNC1.Cl. The highest BCUT2D eigenvalue weighted by Gasteiger charge is 2.25. The molecule has 118 valence electrons. The van der Waals surface area contributed by atoms with Gasteiger partial charge in [0.05, 0.1) is 0 Å². The maximum atomic E-state index is 12.5. The normalized spacial score (nSPS) is 17.3. The zero-order valence-electron chi connectivity index (χ0n) is 13.1. The highest BCUT2D eigenvalue weighted by Crippen LogP contribution is 2.13. The van der Waals surface area contributed by atoms with Gasteiger partial charge in [-0.2, -0.15) is 0 Å². The maximum Gasteiger partial charge on any atom is 0.223 e. The van der Waals surface area contributed by atoms with Crippen LogP contribution in [0.4, 0.5) is 0 Å². The Balaban J connectivity index is 0.00000220. The van der Waals surface area contributed by atoms with Crippen molar-refractivity contribution < 1.29 is 4.79 Å². The molecular weight excluding hydrogens is 284 g/mol. The van der Waals surface area contributed by atoms with Gasteiger partial charge in [-0.05, 0) is 38.3 Å². The highest BCUT2D eigenvalue weighted by molar-refractivity contribution is 5.85. The quantitative estimate of drug-likeness (QED) is 0.876. The average Bonchev–Trinajstić information content (AvgIpc) is 2.96. The first-order valence-electron chi connectivity index (χ1n) is 7.76. The second-order valence-electron chi connectivity index (χ2n) is 5.72. The molecule has 0 aliphatic carbocycles. The summed E-state index contributed by atoms with van der Waals surface area (Å²) in [4.78, 5) is 14.6. The van der Waals surface area contributed by atoms with Gasteiger partial charge < -0.3 is 10.2 Å². The maximum absolute atomic E-state index is 12.5. The molecule has 4 heteroatoms. The first-order valence-corrected chi connectivity index (χ1v) is 7.76. The first-order chi connectivity index (χ1) is 9.70. The highest BCUT2D eigenvalue weighted by atomic mass is 35.5. The summed E-state index contributed by atoms with van der Waals surface area (Å²) < 4.78 is 0. The lowest BCUT2D eigenvalue weighted by Crippen LogP contribution is -2.42. The predicted octanol–water partition coefficient (Wildman–Crippen LogP) is 2.95. The number of hydrogen-bond donors (Lipinski definition) is 1. The summed E-state index contributed by atoms with van der Waals surface area (Å²) in [5, 5.41) is 3.35. The summed E-state index contributed by atoms with van der Waals surface area (Å²) in [5.74, 6) is 0.307. The second kappa shape index (κ2) is 9.06. The lowest BCUT2D eigenvalue weighted by atomic mass is 10.1. The van der Waals surface area contributed by atoms with Crippen molar-refractivity contribution in [3.63, 3.8) is 0 Å². The lowest BCUT2D eigenvalue weighted by molar-refractivity contribution is -0.133. The van der Waals surface area contributed by atoms with E-state index in [0.717, 1.165) is 38.9 Å². The number of carbonyl (C=O) groups is 1. The monoisotopic (exact) mass is 310 g/mol. The molecule has 0 saturated carbocycles. The Kier molecular flexibility index (Phi) is 7.76. The van der Waals surface area contributed by atoms with Crippen LogP contribution in [0.3, 0.4) is 0 Å². The van der Waals surface area contributed by atoms with Gasteiger partial charge in [0, 0.05) is 25.6 Å². The molecule has 1 heterocycles. The number of amides is 1. The summed E-state index contributed by atoms with van der Waals surface area (Å²) in [6.45, 7) is 7.12. The van der Waals surface area contributed by atoms with Gasteiger partial charge in [-0.1, -0.05) is 36.8 Å². The fourth-order valence-electron chi connectivity index (χ4n) is 2.92. The van der Waals surface area contributed by atoms with E-state index in [1.165, 1.54) is 11.1 Å². The van der Waals surface area contributed by atoms with Gasteiger partial charge in [-0.25, -0.2) is 0 Å². The number of halogens is 1. The Labute approximate surface area is 134 Å². The number of hydrogen-bond acceptors (Lipinski definition) is 2. The molecule has 0 radical (unpaired) electrons. The zero-order valence-corrected chi connectivity index (χ0v) is 13.9. The standard InChI is InChI=1S/C17H26N2O.ClH/c1-3-11-19(16-9-10-18-13-16)17(20)8-7-15-6-4-5-14(2)12-15;/h4-6,12,16,18H,3,7-11,13H2,1-2H3;1H. The zero-order chi connectivity index (χ0) is 14.4. The van der Waals surface area contributed by atoms with Crippen molar-refractivity contribution in [2.75, 3.05) is 19.6 Å². The summed E-state index contributed by atoms with van der Waals surface area (Å²) in [6.07, 6.45) is 3.60. The van der Waals surface area contributed by atoms with E-state index < -0.39 is 0 Å². The summed E-state index contributed by atoms with van der Waals surface area (Å²) >= 11 is 0. The van der Waals surface area contributed by atoms with Gasteiger partial charge in [-0.15, -0.1) is 12.4 Å². The van der Waals surface area contributed by atoms with Crippen LogP contribution in [0.15, 0.2) is 24.3 Å². The van der Waals surface area contributed by atoms with Crippen LogP contribution in [0.1, 0.15) is 37.3 Å². The number of nitrogens with one attached hydrogen (secondary N) is 1. The van der Waals surface area contributed by atoms with Crippen LogP contribution in [0.25, 0.3) is 0 Å². The minimum atomic E-state index is 0. The Morgan fingerprint density at radius 2 is 2.24 bits per heavy atom. The molecule has 2 rings (SSSR count). The van der Waals surface area contributed by atoms with E-state index in [1.807, 2.05) is 0 Å². The molecule has 0 spiro atoms. The smallest absolute Gasteiger partial charge is 0.223 e. The van der Waals surface area contributed by atoms with Crippen molar-refractivity contribution >= 4 is 18.3 Å². The van der Waals surface area contributed by atoms with Gasteiger partial charge in [0.1, 0.15) is 0 Å². The number of rotatable bonds is 6. The van der Waals surface area contributed by atoms with Crippen molar-refractivity contribution in [1.82, 2.24) is 10.2 Å². The second-order valence-corrected chi connectivity index (χ2v) is 5.72. The Morgan fingerprint density at radius 3 is 2.86 bits per heavy atom. The summed E-state index contributed by atoms with van der Waals surface area (Å²) in [6, 6.07) is 8.86. The van der Waals surface area contributed by atoms with E-state index in [9.17, 15) is 4.79 Å². The van der Waals surface area contributed by atoms with Crippen molar-refractivity contribution in [3.05, 3.63) is 35.4 Å². The predicted molar refractivity (Wildman–Crippen MR) is 90.0 cm³/mol. The van der Waals surface area contributed by atoms with Crippen molar-refractivity contribution in [3.8, 4) is 0 Å². The molecule has 1 aromatic carbocycles. The molecule has 1 fully saturated rings. The largest absolute Gasteiger partial charge is 0.338 e. The number of aryl methyl sites for hydroxylation is 2. The van der Waals surface area contributed by atoms with Gasteiger partial charge in [0.15, 0.2) is 0 Å². The number of nitrogens with zero attached hydrogens (tertiary/aromatic N) is 1. The third kappa shape index (κ3) is 5.33. The van der Waals surface area contributed by atoms with Crippen molar-refractivity contribution in [2.45, 2.75) is 45.6 Å². The fraction of sp³-hybridized carbons (Fsp3) is 0.588. The average molecular weight is 311 g/mol. The third-order valence-electron chi connectivity index (χ3n) is 3.97. The molecule has 1 aromatic rings. The van der Waals surface area contributed by atoms with Crippen molar-refractivity contribution in [2.24, 2.45) is 0 Å². The molecular formula is C17H27ClN2O. The molecule has 1 aliphatic heterocycles. The van der Waals surface area contributed by atoms with Crippen LogP contribution in [-0.2, 0) is 11.2 Å². The molecule has 1 saturated heterocycles. The van der Waals surface area contributed by atoms with E-state index in [-0.39, 0.29) is 12.4 Å². The molecule has 0 bridgehead atoms. The van der Waals surface area contributed by atoms with Gasteiger partial charge in [-0.3, -0.25) is 4.79 Å². The van der Waals surface area contributed by atoms with Gasteiger partial charge in [0.2, 0.25) is 5.91 Å². The van der Waals surface area contributed by atoms with E-state index in [2.05, 4.69) is 48.3 Å². The molecule has 1 amide bonds. The molecule has 1 aliphatic rings. The first kappa shape index (κ1) is 18.0. The Bertz CT molecular complexity index is 444. The molecule has 1 atom stereocenters. The number of benzene rings is 1. The topological polar surface area (TPSA) is 32.3 Å². The van der Waals surface area contributed by atoms with E-state index >= 15 is 0 Å². The van der Waals surface area contributed by atoms with Gasteiger partial charge in [0.25, 0.3) is 0 Å². The fourth-order valence-corrected chi connectivity index (χ4v) is 2.92. The van der Waals surface area contributed by atoms with Crippen LogP contribution >= 0.6 is 12.4 Å². The molecule has 0 aromatic heterocycles. The lowest BCUT2D eigenvalue weighted by Gasteiger charge is -2.28. The Hall–Kier alpha value is -1.06. The molecule has 1 N–H and O–H groups in total. The molecule has 3 nitrogen and oxygen atoms in total. The van der Waals surface area contributed by atoms with E-state index in [1.54, 1.807) is 0 Å².